The minimum absolute atomic E-state index is 0.0991. The second-order valence-corrected chi connectivity index (χ2v) is 6.33. The zero-order chi connectivity index (χ0) is 16.6. The van der Waals surface area contributed by atoms with Crippen LogP contribution in [-0.4, -0.2) is 15.8 Å². The molecule has 3 rings (SSSR count). The highest BCUT2D eigenvalue weighted by atomic mass is 35.5. The molecule has 0 fully saturated rings. The highest BCUT2D eigenvalue weighted by Crippen LogP contribution is 2.28. The minimum atomic E-state index is -0.618. The Bertz CT molecular complexity index is 939. The summed E-state index contributed by atoms with van der Waals surface area (Å²) in [5.74, 6) is -0.616. The number of anilines is 1. The van der Waals surface area contributed by atoms with Gasteiger partial charge < -0.3 is 0 Å². The molecule has 1 heterocycles. The van der Waals surface area contributed by atoms with Crippen LogP contribution in [0.1, 0.15) is 15.9 Å². The summed E-state index contributed by atoms with van der Waals surface area (Å²) in [5.41, 5.74) is 1.45. The maximum Gasteiger partial charge on any atom is 0.282 e. The second kappa shape index (κ2) is 5.94. The molecule has 2 aromatic carbocycles. The molecule has 3 aromatic rings. The molecule has 6 nitrogen and oxygen atoms in total. The van der Waals surface area contributed by atoms with Crippen LogP contribution in [0.4, 0.5) is 10.8 Å². The Hall–Kier alpha value is -2.51. The predicted molar refractivity (Wildman–Crippen MR) is 90.4 cm³/mol. The van der Waals surface area contributed by atoms with E-state index in [0.717, 1.165) is 15.8 Å². The van der Waals surface area contributed by atoms with Gasteiger partial charge in [0, 0.05) is 11.1 Å². The zero-order valence-electron chi connectivity index (χ0n) is 11.9. The number of aromatic nitrogens is 1. The lowest BCUT2D eigenvalue weighted by molar-refractivity contribution is -0.385. The first-order chi connectivity index (χ1) is 10.9. The number of nitro benzene ring substituents is 1. The molecule has 8 heteroatoms. The van der Waals surface area contributed by atoms with Crippen molar-refractivity contribution in [3.8, 4) is 0 Å². The molecule has 0 spiro atoms. The van der Waals surface area contributed by atoms with Gasteiger partial charge in [-0.05, 0) is 36.8 Å². The first kappa shape index (κ1) is 15.4. The smallest absolute Gasteiger partial charge is 0.282 e. The molecule has 116 valence electrons. The van der Waals surface area contributed by atoms with Crippen molar-refractivity contribution < 1.29 is 9.72 Å². The molecular formula is C15H10ClN3O3S. The van der Waals surface area contributed by atoms with Crippen LogP contribution in [0.15, 0.2) is 36.4 Å². The van der Waals surface area contributed by atoms with Gasteiger partial charge in [-0.15, -0.1) is 0 Å². The molecule has 0 saturated carbocycles. The number of hydrogen-bond donors (Lipinski definition) is 1. The Morgan fingerprint density at radius 3 is 2.83 bits per heavy atom. The van der Waals surface area contributed by atoms with Crippen LogP contribution in [0.3, 0.4) is 0 Å². The Morgan fingerprint density at radius 2 is 2.09 bits per heavy atom. The van der Waals surface area contributed by atoms with Crippen LogP contribution in [-0.2, 0) is 0 Å². The lowest BCUT2D eigenvalue weighted by atomic mass is 10.1. The summed E-state index contributed by atoms with van der Waals surface area (Å²) in [7, 11) is 0. The molecule has 0 bridgehead atoms. The third kappa shape index (κ3) is 3.15. The molecule has 1 N–H and O–H groups in total. The van der Waals surface area contributed by atoms with E-state index < -0.39 is 10.8 Å². The number of halogens is 1. The average Bonchev–Trinajstić information content (AvgIpc) is 2.88. The summed E-state index contributed by atoms with van der Waals surface area (Å²) in [4.78, 5) is 27.0. The highest BCUT2D eigenvalue weighted by molar-refractivity contribution is 7.22. The Kier molecular flexibility index (Phi) is 3.97. The first-order valence-corrected chi connectivity index (χ1v) is 7.76. The summed E-state index contributed by atoms with van der Waals surface area (Å²) in [6.07, 6.45) is 0. The van der Waals surface area contributed by atoms with Gasteiger partial charge in [0.05, 0.1) is 15.1 Å². The van der Waals surface area contributed by atoms with Gasteiger partial charge >= 0.3 is 0 Å². The number of nitrogens with zero attached hydrogens (tertiary/aromatic N) is 2. The number of carbonyl (C=O) groups excluding carboxylic acids is 1. The molecule has 1 amide bonds. The standard InChI is InChI=1S/C15H10ClN3O3S/c1-8-2-4-11-13(6-8)23-15(17-11)18-14(20)10-7-9(16)3-5-12(10)19(21)22/h2-7H,1H3,(H,17,18,20). The number of nitrogens with one attached hydrogen (secondary N) is 1. The van der Waals surface area contributed by atoms with Gasteiger partial charge in [-0.1, -0.05) is 29.0 Å². The van der Waals surface area contributed by atoms with E-state index in [2.05, 4.69) is 10.3 Å². The van der Waals surface area contributed by atoms with Crippen LogP contribution in [0.2, 0.25) is 5.02 Å². The average molecular weight is 348 g/mol. The van der Waals surface area contributed by atoms with Gasteiger partial charge in [-0.2, -0.15) is 0 Å². The van der Waals surface area contributed by atoms with E-state index in [0.29, 0.717) is 5.13 Å². The maximum atomic E-state index is 12.3. The topological polar surface area (TPSA) is 85.1 Å². The molecule has 0 saturated heterocycles. The van der Waals surface area contributed by atoms with E-state index in [4.69, 9.17) is 11.6 Å². The van der Waals surface area contributed by atoms with E-state index in [1.807, 2.05) is 25.1 Å². The van der Waals surface area contributed by atoms with Crippen LogP contribution in [0.5, 0.6) is 0 Å². The number of carbonyl (C=O) groups is 1. The lowest BCUT2D eigenvalue weighted by Crippen LogP contribution is -2.13. The largest absolute Gasteiger partial charge is 0.298 e. The fraction of sp³-hybridized carbons (Fsp3) is 0.0667. The Morgan fingerprint density at radius 1 is 1.30 bits per heavy atom. The van der Waals surface area contributed by atoms with Crippen molar-refractivity contribution in [2.45, 2.75) is 6.92 Å². The van der Waals surface area contributed by atoms with Gasteiger partial charge in [0.2, 0.25) is 0 Å². The predicted octanol–water partition coefficient (Wildman–Crippen LogP) is 4.42. The molecule has 23 heavy (non-hydrogen) atoms. The molecule has 0 aliphatic carbocycles. The van der Waals surface area contributed by atoms with Gasteiger partial charge in [0.25, 0.3) is 11.6 Å². The van der Waals surface area contributed by atoms with Crippen LogP contribution in [0, 0.1) is 17.0 Å². The van der Waals surface area contributed by atoms with Crippen molar-refractivity contribution in [3.05, 3.63) is 62.7 Å². The van der Waals surface area contributed by atoms with Crippen LogP contribution >= 0.6 is 22.9 Å². The van der Waals surface area contributed by atoms with Gasteiger partial charge in [-0.3, -0.25) is 20.2 Å². The van der Waals surface area contributed by atoms with Crippen LogP contribution < -0.4 is 5.32 Å². The third-order valence-electron chi connectivity index (χ3n) is 3.16. The number of thiazole rings is 1. The fourth-order valence-corrected chi connectivity index (χ4v) is 3.23. The van der Waals surface area contributed by atoms with Gasteiger partial charge in [-0.25, -0.2) is 4.98 Å². The minimum Gasteiger partial charge on any atom is -0.298 e. The van der Waals surface area contributed by atoms with E-state index in [1.165, 1.54) is 29.5 Å². The number of fused-ring (bicyclic) bond motifs is 1. The van der Waals surface area contributed by atoms with Crippen molar-refractivity contribution >= 4 is 49.9 Å². The number of nitro groups is 1. The van der Waals surface area contributed by atoms with Gasteiger partial charge in [0.1, 0.15) is 5.56 Å². The van der Waals surface area contributed by atoms with Crippen molar-refractivity contribution in [3.63, 3.8) is 0 Å². The van der Waals surface area contributed by atoms with Crippen molar-refractivity contribution in [1.29, 1.82) is 0 Å². The number of amides is 1. The first-order valence-electron chi connectivity index (χ1n) is 6.56. The Balaban J connectivity index is 1.94. The fourth-order valence-electron chi connectivity index (χ4n) is 2.10. The summed E-state index contributed by atoms with van der Waals surface area (Å²) in [6, 6.07) is 9.60. The third-order valence-corrected chi connectivity index (χ3v) is 4.33. The molecule has 0 aliphatic rings. The number of aryl methyl sites for hydroxylation is 1. The highest BCUT2D eigenvalue weighted by Gasteiger charge is 2.21. The monoisotopic (exact) mass is 347 g/mol. The normalized spacial score (nSPS) is 10.7. The molecule has 0 unspecified atom stereocenters. The number of benzene rings is 2. The van der Waals surface area contributed by atoms with Crippen molar-refractivity contribution in [2.75, 3.05) is 5.32 Å². The van der Waals surface area contributed by atoms with E-state index >= 15 is 0 Å². The zero-order valence-corrected chi connectivity index (χ0v) is 13.4. The summed E-state index contributed by atoms with van der Waals surface area (Å²) in [5, 5.41) is 14.3. The Labute approximate surface area is 139 Å². The molecule has 0 atom stereocenters. The number of hydrogen-bond acceptors (Lipinski definition) is 5. The van der Waals surface area contributed by atoms with Crippen LogP contribution in [0.25, 0.3) is 10.2 Å². The van der Waals surface area contributed by atoms with Crippen molar-refractivity contribution in [2.24, 2.45) is 0 Å². The second-order valence-electron chi connectivity index (χ2n) is 4.86. The molecule has 0 radical (unpaired) electrons. The van der Waals surface area contributed by atoms with E-state index in [1.54, 1.807) is 0 Å². The van der Waals surface area contributed by atoms with E-state index in [9.17, 15) is 14.9 Å². The molecular weight excluding hydrogens is 338 g/mol. The SMILES string of the molecule is Cc1ccc2nc(NC(=O)c3cc(Cl)ccc3[N+](=O)[O-])sc2c1. The summed E-state index contributed by atoms with van der Waals surface area (Å²) in [6.45, 7) is 1.97. The number of rotatable bonds is 3. The molecule has 0 aliphatic heterocycles. The van der Waals surface area contributed by atoms with Crippen molar-refractivity contribution in [1.82, 2.24) is 4.98 Å². The lowest BCUT2D eigenvalue weighted by Gasteiger charge is -2.03. The maximum absolute atomic E-state index is 12.3. The summed E-state index contributed by atoms with van der Waals surface area (Å²) < 4.78 is 0.931. The van der Waals surface area contributed by atoms with Gasteiger partial charge in [0.15, 0.2) is 5.13 Å². The van der Waals surface area contributed by atoms with E-state index in [-0.39, 0.29) is 16.3 Å². The quantitative estimate of drug-likeness (QED) is 0.561. The summed E-state index contributed by atoms with van der Waals surface area (Å²) >= 11 is 7.14. The molecule has 1 aromatic heterocycles.